The summed E-state index contributed by atoms with van der Waals surface area (Å²) in [6.45, 7) is 7.53. The number of rotatable bonds is 3. The molecule has 1 nitrogen and oxygen atoms in total. The molecule has 0 aliphatic rings. The minimum atomic E-state index is -0.329. The Labute approximate surface area is 90.3 Å². The van der Waals surface area contributed by atoms with Gasteiger partial charge in [0.05, 0.1) is 0 Å². The van der Waals surface area contributed by atoms with Gasteiger partial charge in [0.2, 0.25) is 0 Å². The molecule has 1 atom stereocenters. The second-order valence-corrected chi connectivity index (χ2v) is 4.07. The van der Waals surface area contributed by atoms with Gasteiger partial charge in [-0.3, -0.25) is 4.79 Å². The van der Waals surface area contributed by atoms with Crippen molar-refractivity contribution in [2.45, 2.75) is 34.1 Å². The minimum absolute atomic E-state index is 0.0371. The van der Waals surface area contributed by atoms with E-state index in [-0.39, 0.29) is 17.5 Å². The first-order valence-corrected chi connectivity index (χ1v) is 5.28. The van der Waals surface area contributed by atoms with Crippen molar-refractivity contribution in [2.75, 3.05) is 0 Å². The van der Waals surface area contributed by atoms with Crippen LogP contribution in [0, 0.1) is 25.6 Å². The SMILES string of the molecule is CC[C@@H](C)C(=O)c1cc(F)cc(C)c1C. The Kier molecular flexibility index (Phi) is 3.61. The van der Waals surface area contributed by atoms with Crippen LogP contribution in [0.25, 0.3) is 0 Å². The Morgan fingerprint density at radius 3 is 2.53 bits per heavy atom. The maximum absolute atomic E-state index is 13.2. The van der Waals surface area contributed by atoms with E-state index in [4.69, 9.17) is 0 Å². The fourth-order valence-electron chi connectivity index (χ4n) is 1.52. The quantitative estimate of drug-likeness (QED) is 0.693. The normalized spacial score (nSPS) is 12.6. The van der Waals surface area contributed by atoms with Crippen LogP contribution in [0.15, 0.2) is 12.1 Å². The lowest BCUT2D eigenvalue weighted by Gasteiger charge is -2.12. The Morgan fingerprint density at radius 2 is 2.00 bits per heavy atom. The van der Waals surface area contributed by atoms with Crippen LogP contribution in [-0.2, 0) is 0 Å². The van der Waals surface area contributed by atoms with Crippen LogP contribution in [0.5, 0.6) is 0 Å². The Morgan fingerprint density at radius 1 is 1.40 bits per heavy atom. The third-order valence-corrected chi connectivity index (χ3v) is 2.96. The Bertz CT molecular complexity index is 382. The first kappa shape index (κ1) is 11.9. The second kappa shape index (κ2) is 4.56. The molecule has 0 heterocycles. The van der Waals surface area contributed by atoms with Crippen molar-refractivity contribution in [3.63, 3.8) is 0 Å². The number of Topliss-reactive ketones (excluding diaryl/α,β-unsaturated/α-hetero) is 1. The van der Waals surface area contributed by atoms with Crippen LogP contribution in [0.1, 0.15) is 41.8 Å². The first-order valence-electron chi connectivity index (χ1n) is 5.28. The van der Waals surface area contributed by atoms with Crippen LogP contribution in [0.3, 0.4) is 0 Å². The van der Waals surface area contributed by atoms with Gasteiger partial charge in [0.1, 0.15) is 5.82 Å². The van der Waals surface area contributed by atoms with Crippen molar-refractivity contribution in [1.29, 1.82) is 0 Å². The smallest absolute Gasteiger partial charge is 0.166 e. The van der Waals surface area contributed by atoms with Crippen molar-refractivity contribution in [3.05, 3.63) is 34.6 Å². The fraction of sp³-hybridized carbons (Fsp3) is 0.462. The van der Waals surface area contributed by atoms with Crippen LogP contribution >= 0.6 is 0 Å². The summed E-state index contributed by atoms with van der Waals surface area (Å²) < 4.78 is 13.2. The summed E-state index contributed by atoms with van der Waals surface area (Å²) in [6.07, 6.45) is 0.786. The molecule has 1 aromatic carbocycles. The molecule has 0 fully saturated rings. The van der Waals surface area contributed by atoms with Gasteiger partial charge in [-0.2, -0.15) is 0 Å². The van der Waals surface area contributed by atoms with E-state index in [9.17, 15) is 9.18 Å². The number of carbonyl (C=O) groups excluding carboxylic acids is 1. The van der Waals surface area contributed by atoms with Crippen molar-refractivity contribution in [2.24, 2.45) is 5.92 Å². The molecule has 0 unspecified atom stereocenters. The topological polar surface area (TPSA) is 17.1 Å². The Balaban J connectivity index is 3.19. The lowest BCUT2D eigenvalue weighted by atomic mass is 9.92. The number of aryl methyl sites for hydroxylation is 1. The maximum atomic E-state index is 13.2. The molecule has 82 valence electrons. The fourth-order valence-corrected chi connectivity index (χ4v) is 1.52. The van der Waals surface area contributed by atoms with E-state index < -0.39 is 0 Å². The van der Waals surface area contributed by atoms with Crippen LogP contribution in [-0.4, -0.2) is 5.78 Å². The molecule has 0 aliphatic carbocycles. The molecule has 15 heavy (non-hydrogen) atoms. The van der Waals surface area contributed by atoms with Gasteiger partial charge in [0.15, 0.2) is 5.78 Å². The summed E-state index contributed by atoms with van der Waals surface area (Å²) in [7, 11) is 0. The van der Waals surface area contributed by atoms with E-state index in [1.54, 1.807) is 0 Å². The van der Waals surface area contributed by atoms with Gasteiger partial charge < -0.3 is 0 Å². The second-order valence-electron chi connectivity index (χ2n) is 4.07. The zero-order valence-electron chi connectivity index (χ0n) is 9.73. The molecule has 0 saturated heterocycles. The van der Waals surface area contributed by atoms with E-state index in [1.165, 1.54) is 12.1 Å². The molecule has 0 N–H and O–H groups in total. The molecule has 0 aliphatic heterocycles. The van der Waals surface area contributed by atoms with E-state index in [2.05, 4.69) is 0 Å². The van der Waals surface area contributed by atoms with Crippen LogP contribution in [0.4, 0.5) is 4.39 Å². The van der Waals surface area contributed by atoms with Gasteiger partial charge in [0, 0.05) is 11.5 Å². The van der Waals surface area contributed by atoms with Gasteiger partial charge in [-0.1, -0.05) is 13.8 Å². The van der Waals surface area contributed by atoms with E-state index in [0.717, 1.165) is 17.5 Å². The highest BCUT2D eigenvalue weighted by molar-refractivity contribution is 5.99. The van der Waals surface area contributed by atoms with Gasteiger partial charge >= 0.3 is 0 Å². The summed E-state index contributed by atoms with van der Waals surface area (Å²) >= 11 is 0. The maximum Gasteiger partial charge on any atom is 0.166 e. The molecule has 0 spiro atoms. The molecule has 0 bridgehead atoms. The highest BCUT2D eigenvalue weighted by atomic mass is 19.1. The molecule has 0 radical (unpaired) electrons. The van der Waals surface area contributed by atoms with Crippen molar-refractivity contribution in [1.82, 2.24) is 0 Å². The summed E-state index contributed by atoms with van der Waals surface area (Å²) in [4.78, 5) is 11.9. The number of halogens is 1. The molecular weight excluding hydrogens is 191 g/mol. The molecule has 1 aromatic rings. The zero-order chi connectivity index (χ0) is 11.6. The predicted octanol–water partition coefficient (Wildman–Crippen LogP) is 3.67. The van der Waals surface area contributed by atoms with Gasteiger partial charge in [-0.05, 0) is 43.5 Å². The van der Waals surface area contributed by atoms with Crippen molar-refractivity contribution >= 4 is 5.78 Å². The number of carbonyl (C=O) groups is 1. The molecule has 0 amide bonds. The number of hydrogen-bond acceptors (Lipinski definition) is 1. The molecule has 0 saturated carbocycles. The highest BCUT2D eigenvalue weighted by Gasteiger charge is 2.17. The summed E-state index contributed by atoms with van der Waals surface area (Å²) in [5.41, 5.74) is 2.25. The average molecular weight is 208 g/mol. The van der Waals surface area contributed by atoms with Gasteiger partial charge in [0.25, 0.3) is 0 Å². The number of benzene rings is 1. The van der Waals surface area contributed by atoms with Crippen molar-refractivity contribution < 1.29 is 9.18 Å². The Hall–Kier alpha value is -1.18. The third-order valence-electron chi connectivity index (χ3n) is 2.96. The van der Waals surface area contributed by atoms with Crippen LogP contribution in [0.2, 0.25) is 0 Å². The standard InChI is InChI=1S/C13H17FO/c1-5-8(2)13(15)12-7-11(14)6-9(3)10(12)4/h6-8H,5H2,1-4H3/t8-/m1/s1. The van der Waals surface area contributed by atoms with Crippen LogP contribution < -0.4 is 0 Å². The first-order chi connectivity index (χ1) is 6.97. The van der Waals surface area contributed by atoms with E-state index in [0.29, 0.717) is 5.56 Å². The molecule has 0 aromatic heterocycles. The van der Waals surface area contributed by atoms with E-state index in [1.807, 2.05) is 27.7 Å². The number of ketones is 1. The molecule has 2 heteroatoms. The molecule has 1 rings (SSSR count). The van der Waals surface area contributed by atoms with Gasteiger partial charge in [-0.25, -0.2) is 4.39 Å². The lowest BCUT2D eigenvalue weighted by Crippen LogP contribution is -2.12. The van der Waals surface area contributed by atoms with Crippen molar-refractivity contribution in [3.8, 4) is 0 Å². The van der Waals surface area contributed by atoms with Gasteiger partial charge in [-0.15, -0.1) is 0 Å². The zero-order valence-corrected chi connectivity index (χ0v) is 9.73. The largest absolute Gasteiger partial charge is 0.294 e. The lowest BCUT2D eigenvalue weighted by molar-refractivity contribution is 0.0926. The monoisotopic (exact) mass is 208 g/mol. The average Bonchev–Trinajstić information content (AvgIpc) is 2.21. The predicted molar refractivity (Wildman–Crippen MR) is 59.7 cm³/mol. The highest BCUT2D eigenvalue weighted by Crippen LogP contribution is 2.20. The molecular formula is C13H17FO. The number of hydrogen-bond donors (Lipinski definition) is 0. The summed E-state index contributed by atoms with van der Waals surface area (Å²) in [5.74, 6) is -0.327. The third kappa shape index (κ3) is 2.44. The van der Waals surface area contributed by atoms with E-state index >= 15 is 0 Å². The minimum Gasteiger partial charge on any atom is -0.294 e. The summed E-state index contributed by atoms with van der Waals surface area (Å²) in [6, 6.07) is 2.81. The summed E-state index contributed by atoms with van der Waals surface area (Å²) in [5, 5.41) is 0.